The quantitative estimate of drug-likeness (QED) is 0.831. The maximum absolute atomic E-state index is 11.8. The molecule has 5 nitrogen and oxygen atoms in total. The van der Waals surface area contributed by atoms with Crippen LogP contribution >= 0.6 is 0 Å². The number of hydrogen-bond donors (Lipinski definition) is 2. The number of carbonyl (C=O) groups is 1. The Kier molecular flexibility index (Phi) is 7.15. The van der Waals surface area contributed by atoms with Crippen LogP contribution < -0.4 is 10.6 Å². The zero-order valence-electron chi connectivity index (χ0n) is 12.4. The molecule has 0 radical (unpaired) electrons. The van der Waals surface area contributed by atoms with E-state index >= 15 is 0 Å². The molecule has 0 spiro atoms. The van der Waals surface area contributed by atoms with Gasteiger partial charge in [-0.05, 0) is 18.8 Å². The molecule has 2 rings (SSSR count). The SMILES string of the molecule is O=C(NCC1CCCCCCC1)NCC1COCCO1. The lowest BCUT2D eigenvalue weighted by Gasteiger charge is -2.24. The van der Waals surface area contributed by atoms with E-state index in [9.17, 15) is 4.79 Å². The van der Waals surface area contributed by atoms with Crippen LogP contribution in [-0.4, -0.2) is 45.0 Å². The molecule has 1 aliphatic heterocycles. The van der Waals surface area contributed by atoms with Gasteiger partial charge in [-0.15, -0.1) is 0 Å². The first-order valence-corrected chi connectivity index (χ1v) is 8.05. The number of amides is 2. The molecular formula is C15H28N2O3. The van der Waals surface area contributed by atoms with Gasteiger partial charge in [0.1, 0.15) is 0 Å². The standard InChI is InChI=1S/C15H28N2O3/c18-15(17-11-14-12-19-8-9-20-14)16-10-13-6-4-2-1-3-5-7-13/h13-14H,1-12H2,(H2,16,17,18). The van der Waals surface area contributed by atoms with Gasteiger partial charge in [0, 0.05) is 13.1 Å². The van der Waals surface area contributed by atoms with Gasteiger partial charge >= 0.3 is 6.03 Å². The van der Waals surface area contributed by atoms with Crippen LogP contribution in [0.3, 0.4) is 0 Å². The molecule has 1 saturated heterocycles. The average Bonchev–Trinajstić information content (AvgIpc) is 2.45. The number of hydrogen-bond acceptors (Lipinski definition) is 3. The van der Waals surface area contributed by atoms with E-state index in [0.717, 1.165) is 6.54 Å². The Hall–Kier alpha value is -0.810. The molecule has 1 atom stereocenters. The minimum absolute atomic E-state index is 0.00380. The maximum Gasteiger partial charge on any atom is 0.314 e. The summed E-state index contributed by atoms with van der Waals surface area (Å²) in [7, 11) is 0. The lowest BCUT2D eigenvalue weighted by Crippen LogP contribution is -2.44. The van der Waals surface area contributed by atoms with Crippen molar-refractivity contribution >= 4 is 6.03 Å². The van der Waals surface area contributed by atoms with Crippen molar-refractivity contribution in [1.29, 1.82) is 0 Å². The van der Waals surface area contributed by atoms with Gasteiger partial charge in [-0.3, -0.25) is 0 Å². The molecule has 116 valence electrons. The maximum atomic E-state index is 11.8. The Labute approximate surface area is 121 Å². The normalized spacial score (nSPS) is 25.5. The molecule has 0 bridgehead atoms. The Morgan fingerprint density at radius 2 is 1.65 bits per heavy atom. The summed E-state index contributed by atoms with van der Waals surface area (Å²) in [6, 6.07) is -0.0822. The van der Waals surface area contributed by atoms with Crippen molar-refractivity contribution in [2.24, 2.45) is 5.92 Å². The van der Waals surface area contributed by atoms with E-state index in [2.05, 4.69) is 10.6 Å². The van der Waals surface area contributed by atoms with Crippen LogP contribution in [-0.2, 0) is 9.47 Å². The van der Waals surface area contributed by atoms with Gasteiger partial charge in [-0.1, -0.05) is 32.1 Å². The van der Waals surface area contributed by atoms with E-state index in [-0.39, 0.29) is 12.1 Å². The van der Waals surface area contributed by atoms with Crippen LogP contribution in [0.5, 0.6) is 0 Å². The van der Waals surface area contributed by atoms with Crippen molar-refractivity contribution in [2.45, 2.75) is 51.0 Å². The summed E-state index contributed by atoms with van der Waals surface area (Å²) in [6.07, 6.45) is 9.19. The first kappa shape index (κ1) is 15.6. The van der Waals surface area contributed by atoms with Crippen molar-refractivity contribution in [3.05, 3.63) is 0 Å². The van der Waals surface area contributed by atoms with Crippen LogP contribution in [0.4, 0.5) is 4.79 Å². The highest BCUT2D eigenvalue weighted by molar-refractivity contribution is 5.73. The summed E-state index contributed by atoms with van der Waals surface area (Å²) < 4.78 is 10.8. The first-order valence-electron chi connectivity index (χ1n) is 8.05. The van der Waals surface area contributed by atoms with Gasteiger partial charge < -0.3 is 20.1 Å². The summed E-state index contributed by atoms with van der Waals surface area (Å²) in [5, 5.41) is 5.86. The van der Waals surface area contributed by atoms with Crippen LogP contribution in [0, 0.1) is 5.92 Å². The highest BCUT2D eigenvalue weighted by Gasteiger charge is 2.16. The zero-order chi connectivity index (χ0) is 14.0. The Balaban J connectivity index is 1.56. The van der Waals surface area contributed by atoms with Crippen LogP contribution in [0.25, 0.3) is 0 Å². The predicted molar refractivity (Wildman–Crippen MR) is 77.8 cm³/mol. The largest absolute Gasteiger partial charge is 0.376 e. The van der Waals surface area contributed by atoms with Crippen LogP contribution in [0.1, 0.15) is 44.9 Å². The summed E-state index contributed by atoms with van der Waals surface area (Å²) in [5.41, 5.74) is 0. The van der Waals surface area contributed by atoms with Gasteiger partial charge in [-0.2, -0.15) is 0 Å². The molecule has 0 aromatic heterocycles. The molecule has 2 N–H and O–H groups in total. The molecule has 5 heteroatoms. The summed E-state index contributed by atoms with van der Waals surface area (Å²) in [5.74, 6) is 0.648. The third-order valence-electron chi connectivity index (χ3n) is 4.15. The van der Waals surface area contributed by atoms with Crippen LogP contribution in [0.15, 0.2) is 0 Å². The molecule has 1 unspecified atom stereocenters. The van der Waals surface area contributed by atoms with E-state index in [4.69, 9.17) is 9.47 Å². The van der Waals surface area contributed by atoms with E-state index in [1.54, 1.807) is 0 Å². The van der Waals surface area contributed by atoms with Crippen molar-refractivity contribution < 1.29 is 14.3 Å². The van der Waals surface area contributed by atoms with Crippen molar-refractivity contribution in [3.63, 3.8) is 0 Å². The van der Waals surface area contributed by atoms with Crippen molar-refractivity contribution in [2.75, 3.05) is 32.9 Å². The van der Waals surface area contributed by atoms with E-state index in [1.165, 1.54) is 44.9 Å². The second-order valence-electron chi connectivity index (χ2n) is 5.87. The van der Waals surface area contributed by atoms with E-state index in [0.29, 0.717) is 32.3 Å². The lowest BCUT2D eigenvalue weighted by molar-refractivity contribution is -0.0853. The fraction of sp³-hybridized carbons (Fsp3) is 0.933. The van der Waals surface area contributed by atoms with Gasteiger partial charge in [0.2, 0.25) is 0 Å². The second-order valence-corrected chi connectivity index (χ2v) is 5.87. The van der Waals surface area contributed by atoms with Gasteiger partial charge in [-0.25, -0.2) is 4.79 Å². The Morgan fingerprint density at radius 3 is 2.35 bits per heavy atom. The molecule has 1 aliphatic carbocycles. The Bertz CT molecular complexity index is 272. The number of urea groups is 1. The molecule has 2 fully saturated rings. The molecule has 1 heterocycles. The zero-order valence-corrected chi connectivity index (χ0v) is 12.4. The summed E-state index contributed by atoms with van der Waals surface area (Å²) in [4.78, 5) is 11.8. The molecule has 0 aromatic carbocycles. The van der Waals surface area contributed by atoms with Crippen molar-refractivity contribution in [3.8, 4) is 0 Å². The van der Waals surface area contributed by atoms with E-state index in [1.807, 2.05) is 0 Å². The molecule has 0 aromatic rings. The third-order valence-corrected chi connectivity index (χ3v) is 4.15. The Morgan fingerprint density at radius 1 is 0.950 bits per heavy atom. The smallest absolute Gasteiger partial charge is 0.314 e. The highest BCUT2D eigenvalue weighted by Crippen LogP contribution is 2.21. The fourth-order valence-electron chi connectivity index (χ4n) is 2.91. The topological polar surface area (TPSA) is 59.6 Å². The molecule has 2 aliphatic rings. The van der Waals surface area contributed by atoms with Gasteiger partial charge in [0.05, 0.1) is 25.9 Å². The van der Waals surface area contributed by atoms with Crippen LogP contribution in [0.2, 0.25) is 0 Å². The molecule has 20 heavy (non-hydrogen) atoms. The van der Waals surface area contributed by atoms with Gasteiger partial charge in [0.15, 0.2) is 0 Å². The summed E-state index contributed by atoms with van der Waals surface area (Å²) >= 11 is 0. The number of carbonyl (C=O) groups excluding carboxylic acids is 1. The van der Waals surface area contributed by atoms with Crippen molar-refractivity contribution in [1.82, 2.24) is 10.6 Å². The van der Waals surface area contributed by atoms with E-state index < -0.39 is 0 Å². The molecular weight excluding hydrogens is 256 g/mol. The second kappa shape index (κ2) is 9.19. The number of rotatable bonds is 4. The first-order chi connectivity index (χ1) is 9.84. The number of nitrogens with one attached hydrogen (secondary N) is 2. The average molecular weight is 284 g/mol. The highest BCUT2D eigenvalue weighted by atomic mass is 16.6. The fourth-order valence-corrected chi connectivity index (χ4v) is 2.91. The molecule has 1 saturated carbocycles. The molecule has 2 amide bonds. The van der Waals surface area contributed by atoms with Gasteiger partial charge in [0.25, 0.3) is 0 Å². The minimum Gasteiger partial charge on any atom is -0.376 e. The lowest BCUT2D eigenvalue weighted by atomic mass is 9.91. The third kappa shape index (κ3) is 6.09. The monoisotopic (exact) mass is 284 g/mol. The number of ether oxygens (including phenoxy) is 2. The predicted octanol–water partition coefficient (Wildman–Crippen LogP) is 2.06. The minimum atomic E-state index is -0.0822. The summed E-state index contributed by atoms with van der Waals surface area (Å²) in [6.45, 7) is 3.17.